The molecule has 0 aliphatic heterocycles. The summed E-state index contributed by atoms with van der Waals surface area (Å²) in [6, 6.07) is 68.9. The first-order valence-electron chi connectivity index (χ1n) is 32.3. The number of fused-ring (bicyclic) bond motifs is 6. The summed E-state index contributed by atoms with van der Waals surface area (Å²) < 4.78 is 5.60. The zero-order valence-electron chi connectivity index (χ0n) is 55.7. The minimum Gasteiger partial charge on any atom is -0.457 e. The molecule has 1 aromatic heterocycles. The van der Waals surface area contributed by atoms with E-state index in [2.05, 4.69) is 303 Å². The van der Waals surface area contributed by atoms with Gasteiger partial charge >= 0.3 is 0 Å². The molecule has 1 nitrogen and oxygen atoms in total. The lowest BCUT2D eigenvalue weighted by Gasteiger charge is -2.34. The molecule has 1 fully saturated rings. The number of para-hydroxylation sites is 1. The third-order valence-corrected chi connectivity index (χ3v) is 17.8. The van der Waals surface area contributed by atoms with E-state index in [1.807, 2.05) is 42.5 Å². The normalized spacial score (nSPS) is 13.5. The first-order valence-corrected chi connectivity index (χ1v) is 32.3. The van der Waals surface area contributed by atoms with Gasteiger partial charge in [-0.05, 0) is 186 Å². The van der Waals surface area contributed by atoms with Gasteiger partial charge in [-0.25, -0.2) is 0 Å². The number of allylic oxidation sites excluding steroid dienone is 10. The summed E-state index contributed by atoms with van der Waals surface area (Å²) in [4.78, 5) is 0. The Kier molecular flexibility index (Phi) is 23.1. The highest BCUT2D eigenvalue weighted by Crippen LogP contribution is 2.58. The van der Waals surface area contributed by atoms with Crippen molar-refractivity contribution in [1.29, 1.82) is 0 Å². The van der Waals surface area contributed by atoms with E-state index in [9.17, 15) is 0 Å². The van der Waals surface area contributed by atoms with Gasteiger partial charge in [0.2, 0.25) is 0 Å². The van der Waals surface area contributed by atoms with Crippen LogP contribution >= 0.6 is 0 Å². The Balaban J connectivity index is 0.000000155. The average Bonchev–Trinajstić information content (AvgIpc) is 1.52. The van der Waals surface area contributed by atoms with Crippen molar-refractivity contribution < 1.29 is 4.42 Å². The second-order valence-corrected chi connectivity index (χ2v) is 24.5. The smallest absolute Gasteiger partial charge is 0.135 e. The minimum absolute atomic E-state index is 0.374. The van der Waals surface area contributed by atoms with Crippen molar-refractivity contribution in [1.82, 2.24) is 0 Å². The van der Waals surface area contributed by atoms with Gasteiger partial charge in [0.05, 0.1) is 5.41 Å². The molecule has 12 rings (SSSR count). The van der Waals surface area contributed by atoms with Crippen LogP contribution in [-0.2, 0) is 5.41 Å². The number of aryl methyl sites for hydroxylation is 4. The number of benzene rings is 9. The van der Waals surface area contributed by atoms with Crippen LogP contribution in [-0.4, -0.2) is 0 Å². The fraction of sp³-hybridized carbons (Fsp3) is 0.213. The topological polar surface area (TPSA) is 13.1 Å². The molecule has 0 spiro atoms. The van der Waals surface area contributed by atoms with Gasteiger partial charge < -0.3 is 4.42 Å². The Morgan fingerprint density at radius 3 is 1.60 bits per heavy atom. The molecular formula is C89H94O. The Morgan fingerprint density at radius 1 is 0.589 bits per heavy atom. The van der Waals surface area contributed by atoms with Gasteiger partial charge in [-0.2, -0.15) is 0 Å². The maximum atomic E-state index is 5.60. The molecule has 0 radical (unpaired) electrons. The van der Waals surface area contributed by atoms with E-state index in [1.54, 1.807) is 5.57 Å². The monoisotopic (exact) mass is 1180 g/mol. The van der Waals surface area contributed by atoms with Gasteiger partial charge in [-0.1, -0.05) is 325 Å². The number of rotatable bonds is 13. The average molecular weight is 1180 g/mol. The summed E-state index contributed by atoms with van der Waals surface area (Å²) in [5.41, 5.74) is 25.1. The Hall–Kier alpha value is -9.30. The van der Waals surface area contributed by atoms with E-state index in [0.717, 1.165) is 45.9 Å². The molecule has 9 aromatic carbocycles. The van der Waals surface area contributed by atoms with Crippen molar-refractivity contribution >= 4 is 56.8 Å². The molecule has 0 unspecified atom stereocenters. The zero-order chi connectivity index (χ0) is 64.5. The molecule has 2 aliphatic carbocycles. The molecule has 456 valence electrons. The maximum absolute atomic E-state index is 5.60. The number of hydrogen-bond donors (Lipinski definition) is 0. The van der Waals surface area contributed by atoms with Crippen molar-refractivity contribution in [3.63, 3.8) is 0 Å². The van der Waals surface area contributed by atoms with Crippen LogP contribution in [0.25, 0.3) is 67.9 Å². The third-order valence-electron chi connectivity index (χ3n) is 17.8. The van der Waals surface area contributed by atoms with Crippen LogP contribution in [0.15, 0.2) is 283 Å². The summed E-state index contributed by atoms with van der Waals surface area (Å²) in [5, 5.41) is 7.51. The van der Waals surface area contributed by atoms with E-state index in [4.69, 9.17) is 4.42 Å². The lowest BCUT2D eigenvalue weighted by atomic mass is 9.67. The van der Waals surface area contributed by atoms with Crippen LogP contribution in [0.1, 0.15) is 136 Å². The molecule has 1 heteroatoms. The molecule has 90 heavy (non-hydrogen) atoms. The third kappa shape index (κ3) is 14.7. The Bertz CT molecular complexity index is 4300. The first-order chi connectivity index (χ1) is 43.6. The molecule has 0 N–H and O–H groups in total. The van der Waals surface area contributed by atoms with Gasteiger partial charge in [0.15, 0.2) is 0 Å². The fourth-order valence-corrected chi connectivity index (χ4v) is 13.1. The molecule has 2 aliphatic rings. The van der Waals surface area contributed by atoms with Crippen LogP contribution in [0.5, 0.6) is 0 Å². The predicted molar refractivity (Wildman–Crippen MR) is 397 cm³/mol. The zero-order valence-corrected chi connectivity index (χ0v) is 55.7. The highest BCUT2D eigenvalue weighted by atomic mass is 16.3. The SMILES string of the molecule is C=C/C(CC)=c1\c(=C)oc2ccccc12.C=C/C=C\C(=C(C)C)C(/C(=C\CC)C(C)C)=C(/C)C1CCC1.C=Cc1c(C)cc2c(c1C=C)-c1ccc(C)cc1C2(c1ccccc1)c1ccccc1.Cc1ccc2ccccc2c1.Cc1ccc2ccccc2c1. The van der Waals surface area contributed by atoms with Crippen molar-refractivity contribution in [3.8, 4) is 11.1 Å². The largest absolute Gasteiger partial charge is 0.457 e. The van der Waals surface area contributed by atoms with E-state index in [-0.39, 0.29) is 5.41 Å². The quantitative estimate of drug-likeness (QED) is 0.105. The molecule has 0 saturated heterocycles. The van der Waals surface area contributed by atoms with Gasteiger partial charge in [0.25, 0.3) is 0 Å². The highest BCUT2D eigenvalue weighted by Gasteiger charge is 2.47. The summed E-state index contributed by atoms with van der Waals surface area (Å²) in [7, 11) is 0. The minimum atomic E-state index is -0.374. The summed E-state index contributed by atoms with van der Waals surface area (Å²) >= 11 is 0. The van der Waals surface area contributed by atoms with Gasteiger partial charge in [0, 0.05) is 10.6 Å². The second kappa shape index (κ2) is 31.2. The van der Waals surface area contributed by atoms with Crippen LogP contribution in [0.3, 0.4) is 0 Å². The van der Waals surface area contributed by atoms with Gasteiger partial charge in [0.1, 0.15) is 11.0 Å². The fourth-order valence-electron chi connectivity index (χ4n) is 13.1. The molecule has 10 aromatic rings. The van der Waals surface area contributed by atoms with Crippen molar-refractivity contribution in [3.05, 3.63) is 345 Å². The van der Waals surface area contributed by atoms with Crippen LogP contribution in [0.2, 0.25) is 0 Å². The number of furan rings is 1. The first kappa shape index (κ1) is 66.6. The lowest BCUT2D eigenvalue weighted by molar-refractivity contribution is 0.366. The molecule has 0 amide bonds. The standard InChI is InChI=1S/C31H26.C22H34.C14H14O.2C11H10/c1-5-25-22(4)20-29-30(26(25)6-2)27-18-17-21(3)19-28(27)31(29,23-13-9-7-10-14-23)24-15-11-8-12-16-24;1-8-10-15-21(17(5)6)22(18(7)19-13-11-14-19)20(12-9-2)16(3)4;1-4-11(5-2)14-10(3)15-13-9-7-6-8-12(13)14;2*1-9-6-7-10-4-2-3-5-11(10)8-9/h5-20H,1-2H2,3-4H3;8,10,12,15-16,19H,1,9,11,13-14H2,2-7H3;4,6-9H,1,3,5H2,2H3;2*2-8H,1H3/b;15-10-,20-12-,22-18-;14-11-;;. The highest BCUT2D eigenvalue weighted by molar-refractivity contribution is 5.94. The van der Waals surface area contributed by atoms with E-state index < -0.39 is 0 Å². The lowest BCUT2D eigenvalue weighted by Crippen LogP contribution is -2.28. The van der Waals surface area contributed by atoms with Crippen molar-refractivity contribution in [2.45, 2.75) is 114 Å². The van der Waals surface area contributed by atoms with E-state index >= 15 is 0 Å². The summed E-state index contributed by atoms with van der Waals surface area (Å²) in [6.07, 6.45) is 20.6. The molecular weight excluding hydrogens is 1080 g/mol. The Labute approximate surface area is 539 Å². The van der Waals surface area contributed by atoms with Crippen LogP contribution < -0.4 is 10.6 Å². The second-order valence-electron chi connectivity index (χ2n) is 24.5. The van der Waals surface area contributed by atoms with Crippen molar-refractivity contribution in [2.24, 2.45) is 11.8 Å². The maximum Gasteiger partial charge on any atom is 0.135 e. The van der Waals surface area contributed by atoms with Crippen molar-refractivity contribution in [2.75, 3.05) is 0 Å². The van der Waals surface area contributed by atoms with Crippen LogP contribution in [0, 0.1) is 39.5 Å². The van der Waals surface area contributed by atoms with Gasteiger partial charge in [-0.15, -0.1) is 0 Å². The predicted octanol–water partition coefficient (Wildman–Crippen LogP) is 24.0. The van der Waals surface area contributed by atoms with E-state index in [1.165, 1.54) is 130 Å². The molecule has 1 saturated carbocycles. The van der Waals surface area contributed by atoms with Gasteiger partial charge in [-0.3, -0.25) is 0 Å². The molecule has 0 atom stereocenters. The van der Waals surface area contributed by atoms with E-state index in [0.29, 0.717) is 5.92 Å². The van der Waals surface area contributed by atoms with Crippen LogP contribution in [0.4, 0.5) is 0 Å². The number of hydrogen-bond acceptors (Lipinski definition) is 1. The summed E-state index contributed by atoms with van der Waals surface area (Å²) in [5.74, 6) is 1.33. The Morgan fingerprint density at radius 2 is 1.11 bits per heavy atom. The molecule has 0 bridgehead atoms. The molecule has 1 heterocycles. The summed E-state index contributed by atoms with van der Waals surface area (Å²) in [6.45, 7) is 44.3.